The van der Waals surface area contributed by atoms with Crippen LogP contribution in [0, 0.1) is 10.5 Å². The molecule has 2 heterocycles. The first kappa shape index (κ1) is 33.5. The van der Waals surface area contributed by atoms with E-state index in [4.69, 9.17) is 46.2 Å². The van der Waals surface area contributed by atoms with E-state index in [2.05, 4.69) is 4.98 Å². The first-order valence-electron chi connectivity index (χ1n) is 12.8. The molecule has 0 spiro atoms. The second-order valence-electron chi connectivity index (χ2n) is 11.2. The Hall–Kier alpha value is -1.71. The van der Waals surface area contributed by atoms with Gasteiger partial charge in [-0.3, -0.25) is 14.0 Å². The molecule has 39 heavy (non-hydrogen) atoms. The number of aromatic amines is 1. The number of methoxy groups -OCH3 is 1. The molecule has 2 atom stereocenters. The van der Waals surface area contributed by atoms with E-state index in [9.17, 15) is 9.36 Å². The van der Waals surface area contributed by atoms with Gasteiger partial charge in [0.1, 0.15) is 31.9 Å². The number of halogens is 1. The van der Waals surface area contributed by atoms with E-state index in [1.54, 1.807) is 12.1 Å². The molecule has 2 aromatic rings. The van der Waals surface area contributed by atoms with Crippen LogP contribution in [-0.2, 0) is 42.3 Å². The Bertz CT molecular complexity index is 1330. The van der Waals surface area contributed by atoms with E-state index in [0.717, 1.165) is 0 Å². The highest BCUT2D eigenvalue weighted by Crippen LogP contribution is 2.59. The lowest BCUT2D eigenvalue weighted by Gasteiger charge is -2.39. The Balaban J connectivity index is 0.00000260. The highest BCUT2D eigenvalue weighted by atomic mass is 32.1. The molecule has 0 bridgehead atoms. The van der Waals surface area contributed by atoms with Crippen LogP contribution in [0.5, 0.6) is 5.75 Å². The summed E-state index contributed by atoms with van der Waals surface area (Å²) in [6.07, 6.45) is 0.607. The van der Waals surface area contributed by atoms with Gasteiger partial charge >= 0.3 is 13.5 Å². The normalized spacial score (nSPS) is 18.4. The Morgan fingerprint density at radius 2 is 1.77 bits per heavy atom. The number of hydrogen-bond acceptors (Lipinski definition) is 7. The second kappa shape index (κ2) is 12.4. The molecule has 0 saturated carbocycles. The first-order valence-corrected chi connectivity index (χ1v) is 14.7. The average Bonchev–Trinajstić information content (AvgIpc) is 2.79. The van der Waals surface area contributed by atoms with Crippen LogP contribution in [0.2, 0.25) is 0 Å². The van der Waals surface area contributed by atoms with Crippen molar-refractivity contribution >= 4 is 35.7 Å². The molecule has 1 N–H and O–H groups in total. The van der Waals surface area contributed by atoms with Crippen LogP contribution in [0.25, 0.3) is 0 Å². The third-order valence-electron chi connectivity index (χ3n) is 6.08. The average molecular weight is 578 g/mol. The summed E-state index contributed by atoms with van der Waals surface area (Å²) in [6.45, 7) is 15.3. The smallest absolute Gasteiger partial charge is 0.403 e. The molecule has 1 aliphatic rings. The van der Waals surface area contributed by atoms with Crippen molar-refractivity contribution < 1.29 is 27.3 Å². The first-order chi connectivity index (χ1) is 17.9. The number of nitrogens with one attached hydrogen (secondary N) is 1. The summed E-state index contributed by atoms with van der Waals surface area (Å²) in [6, 6.07) is 3.28. The number of ether oxygens (including phenoxy) is 1. The molecule has 1 aliphatic heterocycles. The molecular weight excluding hydrogens is 540 g/mol. The third-order valence-corrected chi connectivity index (χ3v) is 7.71. The number of H-pyrrole nitrogens is 1. The van der Waals surface area contributed by atoms with E-state index >= 15 is 4.39 Å². The van der Waals surface area contributed by atoms with Crippen molar-refractivity contribution in [3.63, 3.8) is 0 Å². The molecule has 13 heteroatoms. The highest BCUT2D eigenvalue weighted by molar-refractivity contribution is 7.71. The number of aromatic nitrogens is 2. The van der Waals surface area contributed by atoms with E-state index in [1.807, 2.05) is 55.4 Å². The van der Waals surface area contributed by atoms with Gasteiger partial charge in [-0.05, 0) is 34.9 Å². The summed E-state index contributed by atoms with van der Waals surface area (Å²) in [7, 11) is 9.30. The summed E-state index contributed by atoms with van der Waals surface area (Å²) >= 11 is 4.94. The van der Waals surface area contributed by atoms with Gasteiger partial charge in [0.25, 0.3) is 0 Å². The van der Waals surface area contributed by atoms with Gasteiger partial charge in [0.15, 0.2) is 0 Å². The van der Waals surface area contributed by atoms with Crippen molar-refractivity contribution in [1.82, 2.24) is 9.55 Å². The molecule has 0 saturated heterocycles. The summed E-state index contributed by atoms with van der Waals surface area (Å²) in [5.74, 6) is -0.404. The van der Waals surface area contributed by atoms with Crippen LogP contribution < -0.4 is 10.2 Å². The molecule has 212 valence electrons. The number of nitrogens with zero attached hydrogens (tertiary/aromatic N) is 1. The van der Waals surface area contributed by atoms with E-state index in [1.165, 1.54) is 17.9 Å². The predicted molar refractivity (Wildman–Crippen MR) is 155 cm³/mol. The minimum Gasteiger partial charge on any atom is -0.403 e. The molecule has 1 aromatic heterocycles. The monoisotopic (exact) mass is 578 g/mol. The Kier molecular flexibility index (Phi) is 10.7. The lowest BCUT2D eigenvalue weighted by atomic mass is 9.61. The van der Waals surface area contributed by atoms with Crippen LogP contribution in [0.4, 0.5) is 4.39 Å². The van der Waals surface area contributed by atoms with Crippen molar-refractivity contribution in [2.75, 3.05) is 7.11 Å². The Morgan fingerprint density at radius 3 is 2.28 bits per heavy atom. The largest absolute Gasteiger partial charge is 0.529 e. The zero-order chi connectivity index (χ0) is 30.0. The lowest BCUT2D eigenvalue weighted by molar-refractivity contribution is -0.00884. The molecule has 8 nitrogen and oxygen atoms in total. The molecule has 0 aliphatic carbocycles. The molecule has 0 amide bonds. The maximum absolute atomic E-state index is 15.5. The van der Waals surface area contributed by atoms with Crippen LogP contribution in [-0.4, -0.2) is 43.9 Å². The van der Waals surface area contributed by atoms with Gasteiger partial charge in [0.2, 0.25) is 0 Å². The van der Waals surface area contributed by atoms with Crippen LogP contribution in [0.1, 0.15) is 78.5 Å². The fourth-order valence-electron chi connectivity index (χ4n) is 4.02. The summed E-state index contributed by atoms with van der Waals surface area (Å²) in [4.78, 5) is 14.6. The Morgan fingerprint density at radius 1 is 1.18 bits per heavy atom. The summed E-state index contributed by atoms with van der Waals surface area (Å²) in [5, 5.41) is -2.14. The van der Waals surface area contributed by atoms with Gasteiger partial charge in [-0.1, -0.05) is 67.6 Å². The molecule has 0 fully saturated rings. The van der Waals surface area contributed by atoms with Crippen LogP contribution in [0.3, 0.4) is 0 Å². The molecule has 1 aromatic carbocycles. The van der Waals surface area contributed by atoms with Crippen LogP contribution >= 0.6 is 20.0 Å². The van der Waals surface area contributed by atoms with Crippen molar-refractivity contribution in [2.45, 2.75) is 97.3 Å². The highest BCUT2D eigenvalue weighted by Gasteiger charge is 2.45. The Labute approximate surface area is 238 Å². The van der Waals surface area contributed by atoms with Gasteiger partial charge in [-0.15, -0.1) is 0 Å². The van der Waals surface area contributed by atoms with Gasteiger partial charge in [-0.25, -0.2) is 13.8 Å². The number of rotatable bonds is 7. The van der Waals surface area contributed by atoms with Crippen LogP contribution in [0.15, 0.2) is 23.1 Å². The summed E-state index contributed by atoms with van der Waals surface area (Å²) in [5.41, 5.74) is -0.109. The van der Waals surface area contributed by atoms with Gasteiger partial charge < -0.3 is 13.8 Å². The van der Waals surface area contributed by atoms with Crippen molar-refractivity contribution in [3.8, 4) is 5.75 Å². The minimum atomic E-state index is -4.40. The standard InChI is InChI=1S/C24H32B2FN2O6PS.C2H6/c1-22(2,3)15-12-16(23(4,5)6)20-14(19(15)27)13-33-36(31,34-20)35-24(25,26)17(32-7)8-10-29-11-9-18(37)28-21(29)30;1-2/h9,11-12,17H,8,10,13H2,1-7H3,(H,28,30,37);1-2H3. The van der Waals surface area contributed by atoms with Crippen molar-refractivity contribution in [2.24, 2.45) is 0 Å². The second-order valence-corrected chi connectivity index (χ2v) is 13.1. The molecule has 3 rings (SSSR count). The predicted octanol–water partition coefficient (Wildman–Crippen LogP) is 5.80. The zero-order valence-electron chi connectivity index (χ0n) is 24.2. The number of hydrogen-bond donors (Lipinski definition) is 1. The number of fused-ring (bicyclic) bond motifs is 1. The fourth-order valence-corrected chi connectivity index (χ4v) is 5.53. The number of benzene rings is 1. The molecule has 4 radical (unpaired) electrons. The zero-order valence-corrected chi connectivity index (χ0v) is 25.9. The van der Waals surface area contributed by atoms with Crippen molar-refractivity contribution in [1.29, 1.82) is 0 Å². The maximum atomic E-state index is 15.5. The lowest BCUT2D eigenvalue weighted by Crippen LogP contribution is -2.48. The van der Waals surface area contributed by atoms with E-state index < -0.39 is 41.7 Å². The number of phosphoric acid groups is 1. The van der Waals surface area contributed by atoms with E-state index in [0.29, 0.717) is 15.8 Å². The van der Waals surface area contributed by atoms with Gasteiger partial charge in [-0.2, -0.15) is 0 Å². The maximum Gasteiger partial charge on any atom is 0.529 e. The number of aryl methyl sites for hydroxylation is 1. The topological polar surface area (TPSA) is 91.8 Å². The van der Waals surface area contributed by atoms with Gasteiger partial charge in [0, 0.05) is 30.8 Å². The molecule has 2 unspecified atom stereocenters. The summed E-state index contributed by atoms with van der Waals surface area (Å²) < 4.78 is 52.8. The third kappa shape index (κ3) is 7.94. The van der Waals surface area contributed by atoms with Crippen molar-refractivity contribution in [3.05, 3.63) is 56.0 Å². The molecular formula is C26H38B2FN2O6PS. The minimum absolute atomic E-state index is 0.0865. The van der Waals surface area contributed by atoms with E-state index in [-0.39, 0.29) is 30.9 Å². The quantitative estimate of drug-likeness (QED) is 0.253. The van der Waals surface area contributed by atoms with Gasteiger partial charge in [0.05, 0.1) is 18.3 Å². The fraction of sp³-hybridized carbons (Fsp3) is 0.615. The SMILES string of the molecule is CC.[B]C([B])(OP1(=O)OCc2c(F)c(C(C)(C)C)cc(C(C)(C)C)c2O1)C(CCn1ccc(=S)[nH]c1=O)OC. The number of phosphoric ester groups is 1.